The van der Waals surface area contributed by atoms with E-state index in [0.29, 0.717) is 32.6 Å². The molecule has 1 heterocycles. The van der Waals surface area contributed by atoms with E-state index < -0.39 is 0 Å². The summed E-state index contributed by atoms with van der Waals surface area (Å²) in [6, 6.07) is 8.53. The Balaban J connectivity index is 1.77. The lowest BCUT2D eigenvalue weighted by atomic mass is 10.0. The molecule has 1 aliphatic rings. The van der Waals surface area contributed by atoms with Crippen LogP contribution in [0.25, 0.3) is 0 Å². The Labute approximate surface area is 152 Å². The van der Waals surface area contributed by atoms with Crippen LogP contribution in [0.15, 0.2) is 24.3 Å². The normalized spacial score (nSPS) is 14.9. The van der Waals surface area contributed by atoms with Gasteiger partial charge in [-0.15, -0.1) is 0 Å². The lowest BCUT2D eigenvalue weighted by Gasteiger charge is -2.36. The van der Waals surface area contributed by atoms with Crippen molar-refractivity contribution in [3.05, 3.63) is 35.4 Å². The average molecular weight is 344 g/mol. The molecule has 138 valence electrons. The fraction of sp³-hybridized carbons (Fsp3) is 0.619. The van der Waals surface area contributed by atoms with Crippen molar-refractivity contribution in [1.82, 2.24) is 9.80 Å². The molecular formula is C21H32N2O2. The molecule has 1 aliphatic heterocycles. The number of amides is 2. The zero-order valence-electron chi connectivity index (χ0n) is 16.0. The van der Waals surface area contributed by atoms with Crippen molar-refractivity contribution in [3.63, 3.8) is 0 Å². The van der Waals surface area contributed by atoms with Gasteiger partial charge in [0.1, 0.15) is 0 Å². The zero-order valence-corrected chi connectivity index (χ0v) is 16.0. The molecule has 0 N–H and O–H groups in total. The average Bonchev–Trinajstić information content (AvgIpc) is 2.67. The minimum Gasteiger partial charge on any atom is -0.339 e. The van der Waals surface area contributed by atoms with Gasteiger partial charge in [0, 0.05) is 38.5 Å². The van der Waals surface area contributed by atoms with E-state index in [0.717, 1.165) is 25.7 Å². The first-order valence-electron chi connectivity index (χ1n) is 9.73. The first kappa shape index (κ1) is 19.5. The van der Waals surface area contributed by atoms with Crippen LogP contribution in [-0.2, 0) is 22.4 Å². The maximum absolute atomic E-state index is 12.4. The van der Waals surface area contributed by atoms with Crippen LogP contribution in [0.1, 0.15) is 51.2 Å². The van der Waals surface area contributed by atoms with Crippen LogP contribution in [0.3, 0.4) is 0 Å². The molecule has 0 aliphatic carbocycles. The number of piperazine rings is 1. The van der Waals surface area contributed by atoms with Crippen molar-refractivity contribution < 1.29 is 9.59 Å². The quantitative estimate of drug-likeness (QED) is 0.761. The van der Waals surface area contributed by atoms with Gasteiger partial charge in [0.25, 0.3) is 0 Å². The van der Waals surface area contributed by atoms with Crippen LogP contribution >= 0.6 is 0 Å². The lowest BCUT2D eigenvalue weighted by Crippen LogP contribution is -2.51. The van der Waals surface area contributed by atoms with Crippen molar-refractivity contribution in [2.24, 2.45) is 5.92 Å². The molecule has 0 unspecified atom stereocenters. The standard InChI is InChI=1S/C21H32N2O2/c1-4-17-7-9-18(10-8-17)11-12-20(24)22-13-15-23(16-14-22)21(25)19(5-2)6-3/h7-10,19H,4-6,11-16H2,1-3H3. The molecule has 0 radical (unpaired) electrons. The number of hydrogen-bond donors (Lipinski definition) is 0. The summed E-state index contributed by atoms with van der Waals surface area (Å²) in [5, 5.41) is 0. The summed E-state index contributed by atoms with van der Waals surface area (Å²) in [6.07, 6.45) is 4.16. The lowest BCUT2D eigenvalue weighted by molar-refractivity contribution is -0.142. The van der Waals surface area contributed by atoms with Gasteiger partial charge in [-0.05, 0) is 36.8 Å². The Morgan fingerprint density at radius 2 is 1.40 bits per heavy atom. The van der Waals surface area contributed by atoms with E-state index in [2.05, 4.69) is 45.0 Å². The molecule has 0 spiro atoms. The van der Waals surface area contributed by atoms with E-state index >= 15 is 0 Å². The molecule has 0 bridgehead atoms. The number of benzene rings is 1. The van der Waals surface area contributed by atoms with Crippen LogP contribution in [0.5, 0.6) is 0 Å². The fourth-order valence-corrected chi connectivity index (χ4v) is 3.42. The van der Waals surface area contributed by atoms with Crippen LogP contribution in [0.2, 0.25) is 0 Å². The van der Waals surface area contributed by atoms with Crippen LogP contribution < -0.4 is 0 Å². The summed E-state index contributed by atoms with van der Waals surface area (Å²) in [4.78, 5) is 28.7. The second kappa shape index (κ2) is 9.59. The fourth-order valence-electron chi connectivity index (χ4n) is 3.42. The molecular weight excluding hydrogens is 312 g/mol. The summed E-state index contributed by atoms with van der Waals surface area (Å²) < 4.78 is 0. The van der Waals surface area contributed by atoms with E-state index in [9.17, 15) is 9.59 Å². The van der Waals surface area contributed by atoms with Crippen molar-refractivity contribution in [3.8, 4) is 0 Å². The largest absolute Gasteiger partial charge is 0.339 e. The second-order valence-electron chi connectivity index (χ2n) is 6.89. The minimum atomic E-state index is 0.133. The zero-order chi connectivity index (χ0) is 18.2. The van der Waals surface area contributed by atoms with Crippen molar-refractivity contribution in [2.75, 3.05) is 26.2 Å². The number of hydrogen-bond acceptors (Lipinski definition) is 2. The van der Waals surface area contributed by atoms with Gasteiger partial charge in [-0.1, -0.05) is 45.0 Å². The third-order valence-corrected chi connectivity index (χ3v) is 5.34. The Bertz CT molecular complexity index is 556. The van der Waals surface area contributed by atoms with E-state index in [4.69, 9.17) is 0 Å². The highest BCUT2D eigenvalue weighted by atomic mass is 16.2. The highest BCUT2D eigenvalue weighted by Gasteiger charge is 2.27. The first-order chi connectivity index (χ1) is 12.1. The van der Waals surface area contributed by atoms with E-state index in [1.807, 2.05) is 9.80 Å². The second-order valence-corrected chi connectivity index (χ2v) is 6.89. The molecule has 2 rings (SSSR count). The van der Waals surface area contributed by atoms with Gasteiger partial charge in [0.15, 0.2) is 0 Å². The van der Waals surface area contributed by atoms with Gasteiger partial charge >= 0.3 is 0 Å². The minimum absolute atomic E-state index is 0.133. The van der Waals surface area contributed by atoms with Crippen LogP contribution in [0, 0.1) is 5.92 Å². The molecule has 0 aromatic heterocycles. The first-order valence-corrected chi connectivity index (χ1v) is 9.73. The van der Waals surface area contributed by atoms with E-state index in [-0.39, 0.29) is 17.7 Å². The topological polar surface area (TPSA) is 40.6 Å². The van der Waals surface area contributed by atoms with Gasteiger partial charge in [-0.3, -0.25) is 9.59 Å². The third kappa shape index (κ3) is 5.32. The third-order valence-electron chi connectivity index (χ3n) is 5.34. The maximum atomic E-state index is 12.4. The van der Waals surface area contributed by atoms with Gasteiger partial charge in [-0.25, -0.2) is 0 Å². The molecule has 0 saturated carbocycles. The maximum Gasteiger partial charge on any atom is 0.225 e. The van der Waals surface area contributed by atoms with E-state index in [1.165, 1.54) is 11.1 Å². The van der Waals surface area contributed by atoms with Gasteiger partial charge in [0.05, 0.1) is 0 Å². The van der Waals surface area contributed by atoms with Crippen molar-refractivity contribution in [1.29, 1.82) is 0 Å². The van der Waals surface area contributed by atoms with Gasteiger partial charge in [0.2, 0.25) is 11.8 Å². The Morgan fingerprint density at radius 1 is 0.880 bits per heavy atom. The summed E-state index contributed by atoms with van der Waals surface area (Å²) in [6.45, 7) is 8.96. The van der Waals surface area contributed by atoms with Crippen LogP contribution in [-0.4, -0.2) is 47.8 Å². The summed E-state index contributed by atoms with van der Waals surface area (Å²) in [5.74, 6) is 0.593. The Kier molecular flexibility index (Phi) is 7.48. The number of carbonyl (C=O) groups excluding carboxylic acids is 2. The summed E-state index contributed by atoms with van der Waals surface area (Å²) >= 11 is 0. The molecule has 1 aromatic rings. The number of nitrogens with zero attached hydrogens (tertiary/aromatic N) is 2. The highest BCUT2D eigenvalue weighted by Crippen LogP contribution is 2.15. The molecule has 25 heavy (non-hydrogen) atoms. The van der Waals surface area contributed by atoms with Crippen molar-refractivity contribution in [2.45, 2.75) is 52.9 Å². The highest BCUT2D eigenvalue weighted by molar-refractivity contribution is 5.80. The molecule has 2 amide bonds. The van der Waals surface area contributed by atoms with Gasteiger partial charge in [-0.2, -0.15) is 0 Å². The van der Waals surface area contributed by atoms with Crippen molar-refractivity contribution >= 4 is 11.8 Å². The molecule has 4 nitrogen and oxygen atoms in total. The number of rotatable bonds is 7. The number of aryl methyl sites for hydroxylation is 2. The predicted molar refractivity (Wildman–Crippen MR) is 101 cm³/mol. The molecule has 4 heteroatoms. The predicted octanol–water partition coefficient (Wildman–Crippen LogP) is 3.29. The Morgan fingerprint density at radius 3 is 1.92 bits per heavy atom. The summed E-state index contributed by atoms with van der Waals surface area (Å²) in [5.41, 5.74) is 2.54. The van der Waals surface area contributed by atoms with Crippen LogP contribution in [0.4, 0.5) is 0 Å². The molecule has 0 atom stereocenters. The van der Waals surface area contributed by atoms with Gasteiger partial charge < -0.3 is 9.80 Å². The molecule has 1 saturated heterocycles. The van der Waals surface area contributed by atoms with E-state index in [1.54, 1.807) is 0 Å². The molecule has 1 fully saturated rings. The SMILES string of the molecule is CCc1ccc(CCC(=O)N2CCN(C(=O)C(CC)CC)CC2)cc1. The Hall–Kier alpha value is -1.84. The number of carbonyl (C=O) groups is 2. The summed E-state index contributed by atoms with van der Waals surface area (Å²) in [7, 11) is 0. The smallest absolute Gasteiger partial charge is 0.225 e. The molecule has 1 aromatic carbocycles. The monoisotopic (exact) mass is 344 g/mol.